The molecular weight excluding hydrogens is 363 g/mol. The number of hydrogen-bond acceptors (Lipinski definition) is 3. The minimum Gasteiger partial charge on any atom is -0.256 e. The van der Waals surface area contributed by atoms with Gasteiger partial charge in [0.25, 0.3) is 0 Å². The summed E-state index contributed by atoms with van der Waals surface area (Å²) < 4.78 is 61.3. The average Bonchev–Trinajstić information content (AvgIpc) is 2.95. The van der Waals surface area contributed by atoms with E-state index in [-0.39, 0.29) is 10.8 Å². The zero-order valence-electron chi connectivity index (χ0n) is 14.1. The molecular formula is C19H16F3NO2S. The van der Waals surface area contributed by atoms with Gasteiger partial charge in [0.05, 0.1) is 16.2 Å². The summed E-state index contributed by atoms with van der Waals surface area (Å²) in [4.78, 5) is 4.18. The predicted molar refractivity (Wildman–Crippen MR) is 93.9 cm³/mol. The highest BCUT2D eigenvalue weighted by molar-refractivity contribution is 7.90. The summed E-state index contributed by atoms with van der Waals surface area (Å²) in [5.74, 6) is 0.0960. The number of sulfone groups is 1. The molecule has 1 aromatic heterocycles. The number of allylic oxidation sites excluding steroid dienone is 4. The first-order chi connectivity index (χ1) is 12.1. The first-order valence-electron chi connectivity index (χ1n) is 7.84. The van der Waals surface area contributed by atoms with Crippen LogP contribution in [0.3, 0.4) is 0 Å². The van der Waals surface area contributed by atoms with E-state index in [1.54, 1.807) is 12.1 Å². The van der Waals surface area contributed by atoms with Crippen LogP contribution in [-0.4, -0.2) is 19.7 Å². The first-order valence-corrected chi connectivity index (χ1v) is 9.73. The number of benzene rings is 1. The van der Waals surface area contributed by atoms with Crippen molar-refractivity contribution < 1.29 is 21.6 Å². The topological polar surface area (TPSA) is 47.0 Å². The molecule has 1 aliphatic rings. The third kappa shape index (κ3) is 3.72. The van der Waals surface area contributed by atoms with Gasteiger partial charge in [-0.25, -0.2) is 8.42 Å². The number of rotatable bonds is 3. The fourth-order valence-electron chi connectivity index (χ4n) is 2.83. The van der Waals surface area contributed by atoms with Crippen molar-refractivity contribution in [2.45, 2.75) is 18.0 Å². The van der Waals surface area contributed by atoms with Gasteiger partial charge in [-0.3, -0.25) is 4.98 Å². The summed E-state index contributed by atoms with van der Waals surface area (Å²) in [7, 11) is -3.29. The van der Waals surface area contributed by atoms with Crippen LogP contribution in [0, 0.1) is 5.92 Å². The SMILES string of the molecule is CC1C=C(c2ccc(S(C)(=O)=O)cc2)C(c2ccc(C(F)(F)F)cn2)=C1. The highest BCUT2D eigenvalue weighted by Gasteiger charge is 2.31. The van der Waals surface area contributed by atoms with E-state index in [4.69, 9.17) is 0 Å². The summed E-state index contributed by atoms with van der Waals surface area (Å²) in [5, 5.41) is 0. The van der Waals surface area contributed by atoms with Gasteiger partial charge in [0.2, 0.25) is 0 Å². The first kappa shape index (κ1) is 18.4. The van der Waals surface area contributed by atoms with E-state index in [9.17, 15) is 21.6 Å². The molecule has 0 saturated heterocycles. The Morgan fingerprint density at radius 3 is 2.08 bits per heavy atom. The van der Waals surface area contributed by atoms with E-state index in [0.717, 1.165) is 35.2 Å². The molecule has 0 N–H and O–H groups in total. The molecule has 3 rings (SSSR count). The van der Waals surface area contributed by atoms with Crippen molar-refractivity contribution in [2.75, 3.05) is 6.26 Å². The van der Waals surface area contributed by atoms with Gasteiger partial charge in [-0.15, -0.1) is 0 Å². The van der Waals surface area contributed by atoms with Gasteiger partial charge in [-0.2, -0.15) is 13.2 Å². The largest absolute Gasteiger partial charge is 0.417 e. The Labute approximate surface area is 149 Å². The molecule has 1 unspecified atom stereocenters. The molecule has 7 heteroatoms. The number of hydrogen-bond donors (Lipinski definition) is 0. The van der Waals surface area contributed by atoms with E-state index in [1.807, 2.05) is 19.1 Å². The maximum absolute atomic E-state index is 12.7. The van der Waals surface area contributed by atoms with Crippen molar-refractivity contribution in [3.05, 3.63) is 71.6 Å². The quantitative estimate of drug-likeness (QED) is 0.782. The van der Waals surface area contributed by atoms with Crippen LogP contribution in [-0.2, 0) is 16.0 Å². The monoisotopic (exact) mass is 379 g/mol. The second-order valence-corrected chi connectivity index (χ2v) is 8.26. The van der Waals surface area contributed by atoms with E-state index in [1.165, 1.54) is 18.2 Å². The lowest BCUT2D eigenvalue weighted by atomic mass is 9.98. The van der Waals surface area contributed by atoms with E-state index in [0.29, 0.717) is 5.69 Å². The minimum atomic E-state index is -4.43. The van der Waals surface area contributed by atoms with Crippen LogP contribution >= 0.6 is 0 Å². The number of nitrogens with zero attached hydrogens (tertiary/aromatic N) is 1. The van der Waals surface area contributed by atoms with Crippen molar-refractivity contribution in [3.63, 3.8) is 0 Å². The standard InChI is InChI=1S/C19H16F3NO2S/c1-12-9-16(13-3-6-15(7-4-13)26(2,24)25)17(10-12)18-8-5-14(11-23-18)19(20,21)22/h3-12H,1-2H3. The third-order valence-corrected chi connectivity index (χ3v) is 5.24. The molecule has 0 fully saturated rings. The zero-order chi connectivity index (χ0) is 19.1. The molecule has 1 aromatic carbocycles. The third-order valence-electron chi connectivity index (χ3n) is 4.11. The zero-order valence-corrected chi connectivity index (χ0v) is 14.9. The van der Waals surface area contributed by atoms with E-state index in [2.05, 4.69) is 4.98 Å². The Morgan fingerprint density at radius 2 is 1.58 bits per heavy atom. The van der Waals surface area contributed by atoms with Crippen LogP contribution in [0.2, 0.25) is 0 Å². The van der Waals surface area contributed by atoms with Crippen LogP contribution in [0.1, 0.15) is 23.7 Å². The molecule has 0 bridgehead atoms. The van der Waals surface area contributed by atoms with Gasteiger partial charge < -0.3 is 0 Å². The molecule has 0 amide bonds. The maximum Gasteiger partial charge on any atom is 0.417 e. The average molecular weight is 379 g/mol. The number of aromatic nitrogens is 1. The lowest BCUT2D eigenvalue weighted by Crippen LogP contribution is -2.05. The Hall–Kier alpha value is -2.41. The smallest absolute Gasteiger partial charge is 0.256 e. The fraction of sp³-hybridized carbons (Fsp3) is 0.211. The lowest BCUT2D eigenvalue weighted by Gasteiger charge is -2.11. The summed E-state index contributed by atoms with van der Waals surface area (Å²) in [6, 6.07) is 8.79. The van der Waals surface area contributed by atoms with Gasteiger partial charge >= 0.3 is 6.18 Å². The van der Waals surface area contributed by atoms with Crippen molar-refractivity contribution >= 4 is 21.0 Å². The highest BCUT2D eigenvalue weighted by atomic mass is 32.2. The molecule has 3 nitrogen and oxygen atoms in total. The minimum absolute atomic E-state index is 0.0960. The molecule has 26 heavy (non-hydrogen) atoms. The van der Waals surface area contributed by atoms with Crippen molar-refractivity contribution in [1.29, 1.82) is 0 Å². The van der Waals surface area contributed by atoms with Gasteiger partial charge in [0.15, 0.2) is 9.84 Å². The van der Waals surface area contributed by atoms with Crippen LogP contribution in [0.5, 0.6) is 0 Å². The van der Waals surface area contributed by atoms with Crippen LogP contribution in [0.4, 0.5) is 13.2 Å². The molecule has 0 spiro atoms. The summed E-state index contributed by atoms with van der Waals surface area (Å²) in [6.45, 7) is 1.96. The normalized spacial score (nSPS) is 17.8. The fourth-order valence-corrected chi connectivity index (χ4v) is 3.46. The maximum atomic E-state index is 12.7. The summed E-state index contributed by atoms with van der Waals surface area (Å²) in [5.41, 5.74) is 1.99. The summed E-state index contributed by atoms with van der Waals surface area (Å²) in [6.07, 6.45) is 1.43. The molecule has 0 radical (unpaired) electrons. The number of pyridine rings is 1. The van der Waals surface area contributed by atoms with Crippen molar-refractivity contribution in [3.8, 4) is 0 Å². The van der Waals surface area contributed by atoms with Gasteiger partial charge in [-0.1, -0.05) is 31.2 Å². The van der Waals surface area contributed by atoms with Gasteiger partial charge in [0, 0.05) is 18.0 Å². The second kappa shape index (κ2) is 6.39. The number of halogens is 3. The molecule has 0 aliphatic heterocycles. The second-order valence-electron chi connectivity index (χ2n) is 6.25. The van der Waals surface area contributed by atoms with Crippen molar-refractivity contribution in [1.82, 2.24) is 4.98 Å². The van der Waals surface area contributed by atoms with Crippen molar-refractivity contribution in [2.24, 2.45) is 5.92 Å². The van der Waals surface area contributed by atoms with Crippen LogP contribution in [0.15, 0.2) is 59.6 Å². The van der Waals surface area contributed by atoms with Crippen LogP contribution in [0.25, 0.3) is 11.1 Å². The molecule has 1 atom stereocenters. The van der Waals surface area contributed by atoms with Gasteiger partial charge in [-0.05, 0) is 41.3 Å². The summed E-state index contributed by atoms with van der Waals surface area (Å²) >= 11 is 0. The Morgan fingerprint density at radius 1 is 0.962 bits per heavy atom. The van der Waals surface area contributed by atoms with Gasteiger partial charge in [0.1, 0.15) is 0 Å². The van der Waals surface area contributed by atoms with E-state index < -0.39 is 21.6 Å². The molecule has 2 aromatic rings. The lowest BCUT2D eigenvalue weighted by molar-refractivity contribution is -0.137. The Bertz CT molecular complexity index is 987. The Balaban J connectivity index is 1.96. The molecule has 1 heterocycles. The van der Waals surface area contributed by atoms with E-state index >= 15 is 0 Å². The van der Waals surface area contributed by atoms with Crippen LogP contribution < -0.4 is 0 Å². The molecule has 0 saturated carbocycles. The highest BCUT2D eigenvalue weighted by Crippen LogP contribution is 2.38. The molecule has 136 valence electrons. The molecule has 1 aliphatic carbocycles. The Kier molecular flexibility index (Phi) is 4.52. The predicted octanol–water partition coefficient (Wildman–Crippen LogP) is 4.62. The number of alkyl halides is 3.